The second kappa shape index (κ2) is 7.93. The normalized spacial score (nSPS) is 9.00. The van der Waals surface area contributed by atoms with E-state index in [1.807, 2.05) is 51.2 Å². The Morgan fingerprint density at radius 1 is 1.00 bits per heavy atom. The molecular formula is C16H21N3. The molecule has 100 valence electrons. The Morgan fingerprint density at radius 3 is 2.32 bits per heavy atom. The SMILES string of the molecule is CC.Cc1ccc(N)cn1.c1ccc2[nH]ccc2c1. The van der Waals surface area contributed by atoms with Gasteiger partial charge in [0.2, 0.25) is 0 Å². The number of aromatic amines is 1. The Morgan fingerprint density at radius 2 is 1.74 bits per heavy atom. The molecule has 0 saturated heterocycles. The van der Waals surface area contributed by atoms with E-state index in [2.05, 4.69) is 28.2 Å². The van der Waals surface area contributed by atoms with E-state index >= 15 is 0 Å². The van der Waals surface area contributed by atoms with Gasteiger partial charge in [-0.3, -0.25) is 4.98 Å². The molecule has 3 nitrogen and oxygen atoms in total. The van der Waals surface area contributed by atoms with Crippen molar-refractivity contribution in [3.8, 4) is 0 Å². The van der Waals surface area contributed by atoms with Crippen molar-refractivity contribution in [2.45, 2.75) is 20.8 Å². The predicted octanol–water partition coefficient (Wildman–Crippen LogP) is 4.17. The molecule has 2 heterocycles. The van der Waals surface area contributed by atoms with Gasteiger partial charge in [-0.1, -0.05) is 32.0 Å². The molecule has 0 fully saturated rings. The lowest BCUT2D eigenvalue weighted by Crippen LogP contribution is -1.85. The van der Waals surface area contributed by atoms with E-state index in [4.69, 9.17) is 5.73 Å². The zero-order valence-corrected chi connectivity index (χ0v) is 11.7. The zero-order chi connectivity index (χ0) is 14.1. The van der Waals surface area contributed by atoms with Crippen molar-refractivity contribution in [2.24, 2.45) is 0 Å². The number of pyridine rings is 1. The van der Waals surface area contributed by atoms with Gasteiger partial charge >= 0.3 is 0 Å². The van der Waals surface area contributed by atoms with Gasteiger partial charge < -0.3 is 10.7 Å². The van der Waals surface area contributed by atoms with Crippen molar-refractivity contribution in [1.82, 2.24) is 9.97 Å². The van der Waals surface area contributed by atoms with Gasteiger partial charge in [0.1, 0.15) is 0 Å². The fraction of sp³-hybridized carbons (Fsp3) is 0.188. The number of para-hydroxylation sites is 1. The quantitative estimate of drug-likeness (QED) is 0.633. The van der Waals surface area contributed by atoms with Crippen LogP contribution < -0.4 is 5.73 Å². The summed E-state index contributed by atoms with van der Waals surface area (Å²) in [6, 6.07) is 14.0. The van der Waals surface area contributed by atoms with Gasteiger partial charge in [0.15, 0.2) is 0 Å². The third kappa shape index (κ3) is 4.84. The van der Waals surface area contributed by atoms with Crippen molar-refractivity contribution in [3.05, 3.63) is 60.6 Å². The third-order valence-electron chi connectivity index (χ3n) is 2.40. The molecule has 0 atom stereocenters. The number of aromatic nitrogens is 2. The first-order valence-corrected chi connectivity index (χ1v) is 6.46. The zero-order valence-electron chi connectivity index (χ0n) is 11.7. The maximum atomic E-state index is 5.36. The summed E-state index contributed by atoms with van der Waals surface area (Å²) in [7, 11) is 0. The van der Waals surface area contributed by atoms with Gasteiger partial charge in [0, 0.05) is 17.4 Å². The fourth-order valence-corrected chi connectivity index (χ4v) is 1.47. The van der Waals surface area contributed by atoms with Crippen LogP contribution in [0.25, 0.3) is 10.9 Å². The second-order valence-electron chi connectivity index (χ2n) is 3.80. The predicted molar refractivity (Wildman–Crippen MR) is 83.0 cm³/mol. The minimum Gasteiger partial charge on any atom is -0.397 e. The molecule has 0 bridgehead atoms. The Bertz CT molecular complexity index is 531. The molecule has 0 unspecified atom stereocenters. The van der Waals surface area contributed by atoms with Crippen LogP contribution in [0.4, 0.5) is 5.69 Å². The molecule has 0 saturated carbocycles. The van der Waals surface area contributed by atoms with Crippen LogP contribution in [-0.4, -0.2) is 9.97 Å². The molecule has 3 N–H and O–H groups in total. The van der Waals surface area contributed by atoms with Crippen LogP contribution >= 0.6 is 0 Å². The van der Waals surface area contributed by atoms with Crippen molar-refractivity contribution < 1.29 is 0 Å². The molecule has 19 heavy (non-hydrogen) atoms. The van der Waals surface area contributed by atoms with Crippen molar-refractivity contribution in [2.75, 3.05) is 5.73 Å². The van der Waals surface area contributed by atoms with E-state index in [9.17, 15) is 0 Å². The van der Waals surface area contributed by atoms with Crippen LogP contribution in [0, 0.1) is 6.92 Å². The van der Waals surface area contributed by atoms with Crippen molar-refractivity contribution in [1.29, 1.82) is 0 Å². The number of nitrogen functional groups attached to an aromatic ring is 1. The molecule has 2 aromatic heterocycles. The highest BCUT2D eigenvalue weighted by molar-refractivity contribution is 5.78. The van der Waals surface area contributed by atoms with Crippen LogP contribution in [-0.2, 0) is 0 Å². The average Bonchev–Trinajstić information content (AvgIpc) is 2.93. The minimum absolute atomic E-state index is 0.718. The number of rotatable bonds is 0. The van der Waals surface area contributed by atoms with E-state index in [0.29, 0.717) is 0 Å². The Balaban J connectivity index is 0.000000170. The molecule has 3 heteroatoms. The first kappa shape index (κ1) is 14.8. The van der Waals surface area contributed by atoms with Crippen molar-refractivity contribution in [3.63, 3.8) is 0 Å². The van der Waals surface area contributed by atoms with E-state index < -0.39 is 0 Å². The highest BCUT2D eigenvalue weighted by Gasteiger charge is 1.86. The average molecular weight is 255 g/mol. The number of aryl methyl sites for hydroxylation is 1. The Kier molecular flexibility index (Phi) is 6.16. The lowest BCUT2D eigenvalue weighted by Gasteiger charge is -1.89. The van der Waals surface area contributed by atoms with E-state index in [1.165, 1.54) is 10.9 Å². The number of anilines is 1. The summed E-state index contributed by atoms with van der Waals surface area (Å²) < 4.78 is 0. The first-order chi connectivity index (χ1) is 9.25. The van der Waals surface area contributed by atoms with Gasteiger partial charge in [-0.2, -0.15) is 0 Å². The first-order valence-electron chi connectivity index (χ1n) is 6.46. The highest BCUT2D eigenvalue weighted by Crippen LogP contribution is 2.09. The standard InChI is InChI=1S/C8H7N.C6H8N2.C2H6/c1-2-4-8-7(3-1)5-6-9-8;1-5-2-3-6(7)4-8-5;1-2/h1-6,9H;2-4H,7H2,1H3;1-2H3. The van der Waals surface area contributed by atoms with E-state index in [0.717, 1.165) is 11.4 Å². The molecule has 0 radical (unpaired) electrons. The van der Waals surface area contributed by atoms with E-state index in [1.54, 1.807) is 6.20 Å². The number of H-pyrrole nitrogens is 1. The largest absolute Gasteiger partial charge is 0.397 e. The van der Waals surface area contributed by atoms with Crippen LogP contribution in [0.5, 0.6) is 0 Å². The summed E-state index contributed by atoms with van der Waals surface area (Å²) in [4.78, 5) is 7.07. The number of nitrogens with two attached hydrogens (primary N) is 1. The summed E-state index contributed by atoms with van der Waals surface area (Å²) in [5.74, 6) is 0. The molecule has 3 rings (SSSR count). The molecule has 0 aliphatic rings. The van der Waals surface area contributed by atoms with Gasteiger partial charge in [-0.15, -0.1) is 0 Å². The second-order valence-corrected chi connectivity index (χ2v) is 3.80. The number of nitrogens with zero attached hydrogens (tertiary/aromatic N) is 1. The smallest absolute Gasteiger partial charge is 0.0500 e. The topological polar surface area (TPSA) is 54.7 Å². The number of benzene rings is 1. The monoisotopic (exact) mass is 255 g/mol. The van der Waals surface area contributed by atoms with Crippen LogP contribution in [0.2, 0.25) is 0 Å². The summed E-state index contributed by atoms with van der Waals surface area (Å²) in [5.41, 5.74) is 8.29. The molecule has 0 amide bonds. The number of hydrogen-bond donors (Lipinski definition) is 2. The number of fused-ring (bicyclic) bond motifs is 1. The van der Waals surface area contributed by atoms with Crippen LogP contribution in [0.1, 0.15) is 19.5 Å². The summed E-state index contributed by atoms with van der Waals surface area (Å²) in [6.45, 7) is 5.93. The number of nitrogens with one attached hydrogen (secondary N) is 1. The summed E-state index contributed by atoms with van der Waals surface area (Å²) >= 11 is 0. The molecular weight excluding hydrogens is 234 g/mol. The molecule has 0 aliphatic heterocycles. The van der Waals surface area contributed by atoms with Gasteiger partial charge in [0.25, 0.3) is 0 Å². The molecule has 0 aliphatic carbocycles. The summed E-state index contributed by atoms with van der Waals surface area (Å²) in [6.07, 6.45) is 3.60. The van der Waals surface area contributed by atoms with E-state index in [-0.39, 0.29) is 0 Å². The third-order valence-corrected chi connectivity index (χ3v) is 2.40. The minimum atomic E-state index is 0.718. The fourth-order valence-electron chi connectivity index (χ4n) is 1.47. The number of hydrogen-bond acceptors (Lipinski definition) is 2. The lowest BCUT2D eigenvalue weighted by molar-refractivity contribution is 1.20. The van der Waals surface area contributed by atoms with Crippen molar-refractivity contribution >= 4 is 16.6 Å². The van der Waals surface area contributed by atoms with Crippen LogP contribution in [0.15, 0.2) is 54.9 Å². The molecule has 1 aromatic carbocycles. The van der Waals surface area contributed by atoms with Gasteiger partial charge in [-0.05, 0) is 36.6 Å². The Labute approximate surface area is 114 Å². The van der Waals surface area contributed by atoms with Crippen LogP contribution in [0.3, 0.4) is 0 Å². The van der Waals surface area contributed by atoms with Gasteiger partial charge in [-0.25, -0.2) is 0 Å². The van der Waals surface area contributed by atoms with Gasteiger partial charge in [0.05, 0.1) is 11.9 Å². The highest BCUT2D eigenvalue weighted by atomic mass is 14.7. The molecule has 0 spiro atoms. The summed E-state index contributed by atoms with van der Waals surface area (Å²) in [5, 5.41) is 1.28. The maximum Gasteiger partial charge on any atom is 0.0500 e. The maximum absolute atomic E-state index is 5.36. The lowest BCUT2D eigenvalue weighted by atomic mass is 10.3. The Hall–Kier alpha value is -2.29. The molecule has 3 aromatic rings.